The minimum atomic E-state index is -0.257. The quantitative estimate of drug-likeness (QED) is 0.762. The van der Waals surface area contributed by atoms with E-state index < -0.39 is 0 Å². The standard InChI is InChI=1S/C24H30FN3O2/c1-18-5-3-4-6-21(18)17-23(29)28-15-13-27(14-16-28)19(2)24(30)26-12-11-20-7-9-22(25)10-8-20/h3-10,19H,11-17H2,1-2H3,(H,26,30). The van der Waals surface area contributed by atoms with Crippen LogP contribution in [0.5, 0.6) is 0 Å². The molecule has 2 amide bonds. The summed E-state index contributed by atoms with van der Waals surface area (Å²) in [4.78, 5) is 29.1. The number of carbonyl (C=O) groups excluding carboxylic acids is 2. The first kappa shape index (κ1) is 22.0. The highest BCUT2D eigenvalue weighted by molar-refractivity contribution is 5.81. The zero-order chi connectivity index (χ0) is 21.5. The Morgan fingerprint density at radius 1 is 1.03 bits per heavy atom. The summed E-state index contributed by atoms with van der Waals surface area (Å²) < 4.78 is 13.0. The van der Waals surface area contributed by atoms with Crippen molar-refractivity contribution < 1.29 is 14.0 Å². The second-order valence-corrected chi connectivity index (χ2v) is 7.86. The lowest BCUT2D eigenvalue weighted by Crippen LogP contribution is -2.55. The Kier molecular flexibility index (Phi) is 7.57. The minimum Gasteiger partial charge on any atom is -0.354 e. The van der Waals surface area contributed by atoms with Crippen LogP contribution < -0.4 is 5.32 Å². The Balaban J connectivity index is 1.41. The van der Waals surface area contributed by atoms with Gasteiger partial charge in [-0.2, -0.15) is 0 Å². The molecule has 2 aromatic carbocycles. The number of aryl methyl sites for hydroxylation is 1. The molecule has 1 aliphatic rings. The van der Waals surface area contributed by atoms with Crippen molar-refractivity contribution in [2.24, 2.45) is 0 Å². The van der Waals surface area contributed by atoms with Crippen LogP contribution >= 0.6 is 0 Å². The molecule has 160 valence electrons. The zero-order valence-electron chi connectivity index (χ0n) is 17.7. The third kappa shape index (κ3) is 5.89. The predicted octanol–water partition coefficient (Wildman–Crippen LogP) is 2.57. The first-order chi connectivity index (χ1) is 14.4. The number of nitrogens with zero attached hydrogens (tertiary/aromatic N) is 2. The number of hydrogen-bond acceptors (Lipinski definition) is 3. The van der Waals surface area contributed by atoms with E-state index in [9.17, 15) is 14.0 Å². The van der Waals surface area contributed by atoms with Crippen molar-refractivity contribution in [2.45, 2.75) is 32.7 Å². The van der Waals surface area contributed by atoms with E-state index in [1.54, 1.807) is 12.1 Å². The number of nitrogens with one attached hydrogen (secondary N) is 1. The smallest absolute Gasteiger partial charge is 0.237 e. The van der Waals surface area contributed by atoms with Crippen molar-refractivity contribution in [3.05, 3.63) is 71.0 Å². The van der Waals surface area contributed by atoms with Crippen molar-refractivity contribution in [3.8, 4) is 0 Å². The topological polar surface area (TPSA) is 52.7 Å². The van der Waals surface area contributed by atoms with E-state index in [4.69, 9.17) is 0 Å². The number of hydrogen-bond donors (Lipinski definition) is 1. The largest absolute Gasteiger partial charge is 0.354 e. The molecule has 0 aliphatic carbocycles. The van der Waals surface area contributed by atoms with Gasteiger partial charge in [0, 0.05) is 32.7 Å². The van der Waals surface area contributed by atoms with Gasteiger partial charge in [-0.05, 0) is 49.1 Å². The van der Waals surface area contributed by atoms with E-state index in [0.29, 0.717) is 45.6 Å². The first-order valence-electron chi connectivity index (χ1n) is 10.5. The maximum Gasteiger partial charge on any atom is 0.237 e. The van der Waals surface area contributed by atoms with Gasteiger partial charge >= 0.3 is 0 Å². The van der Waals surface area contributed by atoms with Gasteiger partial charge in [-0.15, -0.1) is 0 Å². The van der Waals surface area contributed by atoms with Crippen LogP contribution in [0.25, 0.3) is 0 Å². The van der Waals surface area contributed by atoms with Gasteiger partial charge in [0.15, 0.2) is 0 Å². The van der Waals surface area contributed by atoms with Crippen LogP contribution in [0.3, 0.4) is 0 Å². The molecule has 1 heterocycles. The Hall–Kier alpha value is -2.73. The lowest BCUT2D eigenvalue weighted by atomic mass is 10.0. The highest BCUT2D eigenvalue weighted by Gasteiger charge is 2.27. The summed E-state index contributed by atoms with van der Waals surface area (Å²) in [6.45, 7) is 7.09. The van der Waals surface area contributed by atoms with Crippen LogP contribution in [-0.2, 0) is 22.4 Å². The molecule has 1 N–H and O–H groups in total. The third-order valence-corrected chi connectivity index (χ3v) is 5.82. The average Bonchev–Trinajstić information content (AvgIpc) is 2.76. The summed E-state index contributed by atoms with van der Waals surface area (Å²) in [5.41, 5.74) is 3.19. The molecule has 1 atom stereocenters. The number of amides is 2. The Morgan fingerprint density at radius 2 is 1.70 bits per heavy atom. The van der Waals surface area contributed by atoms with Crippen molar-refractivity contribution >= 4 is 11.8 Å². The van der Waals surface area contributed by atoms with Gasteiger partial charge in [0.25, 0.3) is 0 Å². The van der Waals surface area contributed by atoms with Crippen molar-refractivity contribution in [1.82, 2.24) is 15.1 Å². The Labute approximate surface area is 177 Å². The van der Waals surface area contributed by atoms with Crippen molar-refractivity contribution in [3.63, 3.8) is 0 Å². The summed E-state index contributed by atoms with van der Waals surface area (Å²) in [7, 11) is 0. The van der Waals surface area contributed by atoms with Gasteiger partial charge in [0.1, 0.15) is 5.82 Å². The Morgan fingerprint density at radius 3 is 2.37 bits per heavy atom. The molecule has 1 saturated heterocycles. The fourth-order valence-electron chi connectivity index (χ4n) is 3.74. The van der Waals surface area contributed by atoms with E-state index in [2.05, 4.69) is 10.2 Å². The molecule has 30 heavy (non-hydrogen) atoms. The highest BCUT2D eigenvalue weighted by atomic mass is 19.1. The molecular weight excluding hydrogens is 381 g/mol. The number of halogens is 1. The molecule has 0 spiro atoms. The third-order valence-electron chi connectivity index (χ3n) is 5.82. The SMILES string of the molecule is Cc1ccccc1CC(=O)N1CCN(C(C)C(=O)NCCc2ccc(F)cc2)CC1. The molecule has 0 radical (unpaired) electrons. The van der Waals surface area contributed by atoms with Crippen LogP contribution in [0.1, 0.15) is 23.6 Å². The summed E-state index contributed by atoms with van der Waals surface area (Å²) >= 11 is 0. The van der Waals surface area contributed by atoms with Crippen LogP contribution in [0.15, 0.2) is 48.5 Å². The van der Waals surface area contributed by atoms with E-state index in [1.165, 1.54) is 12.1 Å². The van der Waals surface area contributed by atoms with Crippen LogP contribution in [0, 0.1) is 12.7 Å². The number of benzene rings is 2. The molecule has 0 bridgehead atoms. The van der Waals surface area contributed by atoms with Crippen molar-refractivity contribution in [1.29, 1.82) is 0 Å². The minimum absolute atomic E-state index is 0.0169. The highest BCUT2D eigenvalue weighted by Crippen LogP contribution is 2.12. The summed E-state index contributed by atoms with van der Waals surface area (Å²) in [6.07, 6.45) is 1.09. The molecule has 5 nitrogen and oxygen atoms in total. The monoisotopic (exact) mass is 411 g/mol. The predicted molar refractivity (Wildman–Crippen MR) is 116 cm³/mol. The molecular formula is C24H30FN3O2. The lowest BCUT2D eigenvalue weighted by Gasteiger charge is -2.37. The number of piperazine rings is 1. The van der Waals surface area contributed by atoms with E-state index in [0.717, 1.165) is 16.7 Å². The van der Waals surface area contributed by atoms with Crippen LogP contribution in [-0.4, -0.2) is 60.4 Å². The fourth-order valence-corrected chi connectivity index (χ4v) is 3.74. The molecule has 1 fully saturated rings. The van der Waals surface area contributed by atoms with Crippen molar-refractivity contribution in [2.75, 3.05) is 32.7 Å². The number of rotatable bonds is 7. The molecule has 2 aromatic rings. The number of carbonyl (C=O) groups is 2. The normalized spacial score (nSPS) is 15.6. The zero-order valence-corrected chi connectivity index (χ0v) is 17.7. The maximum absolute atomic E-state index is 13.0. The van der Waals surface area contributed by atoms with Gasteiger partial charge in [-0.25, -0.2) is 4.39 Å². The maximum atomic E-state index is 13.0. The van der Waals surface area contributed by atoms with Gasteiger partial charge in [-0.1, -0.05) is 36.4 Å². The fraction of sp³-hybridized carbons (Fsp3) is 0.417. The summed E-state index contributed by atoms with van der Waals surface area (Å²) in [5.74, 6) is -0.134. The van der Waals surface area contributed by atoms with E-state index in [-0.39, 0.29) is 23.7 Å². The van der Waals surface area contributed by atoms with Gasteiger partial charge in [0.05, 0.1) is 12.5 Å². The van der Waals surface area contributed by atoms with E-state index in [1.807, 2.05) is 43.0 Å². The molecule has 0 aromatic heterocycles. The second-order valence-electron chi connectivity index (χ2n) is 7.86. The Bertz CT molecular complexity index is 861. The van der Waals surface area contributed by atoms with Gasteiger partial charge in [-0.3, -0.25) is 14.5 Å². The molecule has 6 heteroatoms. The van der Waals surface area contributed by atoms with E-state index >= 15 is 0 Å². The van der Waals surface area contributed by atoms with Gasteiger partial charge in [0.2, 0.25) is 11.8 Å². The molecule has 1 aliphatic heterocycles. The van der Waals surface area contributed by atoms with Crippen LogP contribution in [0.2, 0.25) is 0 Å². The van der Waals surface area contributed by atoms with Crippen LogP contribution in [0.4, 0.5) is 4.39 Å². The lowest BCUT2D eigenvalue weighted by molar-refractivity contribution is -0.133. The molecule has 0 saturated carbocycles. The second kappa shape index (κ2) is 10.3. The molecule has 3 rings (SSSR count). The summed E-state index contributed by atoms with van der Waals surface area (Å²) in [6, 6.07) is 14.1. The summed E-state index contributed by atoms with van der Waals surface area (Å²) in [5, 5.41) is 2.96. The average molecular weight is 412 g/mol. The molecule has 1 unspecified atom stereocenters. The first-order valence-corrected chi connectivity index (χ1v) is 10.5. The van der Waals surface area contributed by atoms with Gasteiger partial charge < -0.3 is 10.2 Å².